The number of rotatable bonds is 1. The van der Waals surface area contributed by atoms with Crippen molar-refractivity contribution in [2.45, 2.75) is 34.6 Å². The lowest BCUT2D eigenvalue weighted by molar-refractivity contribution is 1.08. The van der Waals surface area contributed by atoms with Crippen molar-refractivity contribution in [1.29, 1.82) is 0 Å². The summed E-state index contributed by atoms with van der Waals surface area (Å²) < 4.78 is 2.25. The molecule has 20 heavy (non-hydrogen) atoms. The van der Waals surface area contributed by atoms with Gasteiger partial charge in [-0.25, -0.2) is 4.98 Å². The fourth-order valence-electron chi connectivity index (χ4n) is 3.24. The molecule has 0 atom stereocenters. The second-order valence-electron chi connectivity index (χ2n) is 5.78. The number of fused-ring (bicyclic) bond motifs is 1. The van der Waals surface area contributed by atoms with Crippen LogP contribution in [-0.4, -0.2) is 9.38 Å². The molecule has 0 spiro atoms. The zero-order valence-electron chi connectivity index (χ0n) is 12.8. The Kier molecular flexibility index (Phi) is 2.89. The molecule has 2 aromatic heterocycles. The van der Waals surface area contributed by atoms with E-state index in [2.05, 4.69) is 68.3 Å². The molecule has 0 amide bonds. The van der Waals surface area contributed by atoms with E-state index in [1.54, 1.807) is 0 Å². The van der Waals surface area contributed by atoms with E-state index in [1.807, 2.05) is 6.20 Å². The van der Waals surface area contributed by atoms with Crippen LogP contribution in [0.3, 0.4) is 0 Å². The van der Waals surface area contributed by atoms with Crippen LogP contribution in [0, 0.1) is 34.6 Å². The zero-order chi connectivity index (χ0) is 14.4. The van der Waals surface area contributed by atoms with E-state index in [4.69, 9.17) is 0 Å². The molecule has 102 valence electrons. The highest BCUT2D eigenvalue weighted by Gasteiger charge is 2.13. The molecule has 0 bridgehead atoms. The number of hydrogen-bond acceptors (Lipinski definition) is 1. The van der Waals surface area contributed by atoms with E-state index in [0.717, 1.165) is 5.65 Å². The molecule has 0 saturated heterocycles. The van der Waals surface area contributed by atoms with Crippen LogP contribution >= 0.6 is 0 Å². The number of nitrogens with zero attached hydrogens (tertiary/aromatic N) is 2. The summed E-state index contributed by atoms with van der Waals surface area (Å²) in [5.74, 6) is 0. The molecule has 3 rings (SSSR count). The monoisotopic (exact) mass is 264 g/mol. The smallest absolute Gasteiger partial charge is 0.137 e. The minimum atomic E-state index is 1.02. The quantitative estimate of drug-likeness (QED) is 0.630. The molecule has 0 fully saturated rings. The highest BCUT2D eigenvalue weighted by molar-refractivity contribution is 5.71. The van der Waals surface area contributed by atoms with Crippen molar-refractivity contribution in [2.24, 2.45) is 0 Å². The Morgan fingerprint density at radius 3 is 2.05 bits per heavy atom. The van der Waals surface area contributed by atoms with Gasteiger partial charge in [0.15, 0.2) is 0 Å². The summed E-state index contributed by atoms with van der Waals surface area (Å²) in [4.78, 5) is 4.58. The van der Waals surface area contributed by atoms with Crippen molar-refractivity contribution in [3.05, 3.63) is 58.4 Å². The van der Waals surface area contributed by atoms with Gasteiger partial charge in [-0.05, 0) is 63.4 Å². The van der Waals surface area contributed by atoms with E-state index < -0.39 is 0 Å². The first-order chi connectivity index (χ1) is 9.47. The van der Waals surface area contributed by atoms with E-state index in [-0.39, 0.29) is 0 Å². The number of aromatic nitrogens is 2. The first-order valence-electron chi connectivity index (χ1n) is 7.00. The maximum atomic E-state index is 4.58. The van der Waals surface area contributed by atoms with Crippen molar-refractivity contribution in [1.82, 2.24) is 9.38 Å². The van der Waals surface area contributed by atoms with Gasteiger partial charge in [-0.1, -0.05) is 17.7 Å². The molecule has 0 saturated carbocycles. The molecule has 0 aliphatic carbocycles. The summed E-state index contributed by atoms with van der Waals surface area (Å²) in [6.45, 7) is 10.8. The molecule has 1 aromatic carbocycles. The predicted molar refractivity (Wildman–Crippen MR) is 84.3 cm³/mol. The Labute approximate surface area is 120 Å². The van der Waals surface area contributed by atoms with E-state index in [1.165, 1.54) is 39.2 Å². The molecule has 0 aliphatic rings. The zero-order valence-corrected chi connectivity index (χ0v) is 12.8. The van der Waals surface area contributed by atoms with Gasteiger partial charge in [-0.15, -0.1) is 0 Å². The summed E-state index contributed by atoms with van der Waals surface area (Å²) in [5, 5.41) is 0. The standard InChI is InChI=1S/C18H20N2/c1-11-6-13(3)18(14(4)7-11)16-10-19-17-9-12(2)8-15(5)20(16)17/h6-10H,1-5H3. The van der Waals surface area contributed by atoms with Crippen molar-refractivity contribution in [3.63, 3.8) is 0 Å². The van der Waals surface area contributed by atoms with Crippen molar-refractivity contribution in [3.8, 4) is 11.3 Å². The molecule has 3 aromatic rings. The van der Waals surface area contributed by atoms with Gasteiger partial charge in [-0.3, -0.25) is 4.40 Å². The lowest BCUT2D eigenvalue weighted by Gasteiger charge is -2.13. The maximum absolute atomic E-state index is 4.58. The minimum absolute atomic E-state index is 1.02. The van der Waals surface area contributed by atoms with Crippen LogP contribution in [0.15, 0.2) is 30.5 Å². The molecule has 2 heteroatoms. The minimum Gasteiger partial charge on any atom is -0.297 e. The fraction of sp³-hybridized carbons (Fsp3) is 0.278. The molecular weight excluding hydrogens is 244 g/mol. The van der Waals surface area contributed by atoms with Crippen LogP contribution in [0.5, 0.6) is 0 Å². The van der Waals surface area contributed by atoms with Gasteiger partial charge in [0, 0.05) is 11.3 Å². The number of imidazole rings is 1. The Hall–Kier alpha value is -2.09. The fourth-order valence-corrected chi connectivity index (χ4v) is 3.24. The third-order valence-corrected chi connectivity index (χ3v) is 3.87. The SMILES string of the molecule is Cc1cc(C)c(-c2cnc3cc(C)cc(C)n23)c(C)c1. The average molecular weight is 264 g/mol. The lowest BCUT2D eigenvalue weighted by atomic mass is 9.97. The normalized spacial score (nSPS) is 11.2. The number of aryl methyl sites for hydroxylation is 5. The molecule has 0 unspecified atom stereocenters. The van der Waals surface area contributed by atoms with Crippen LogP contribution in [0.25, 0.3) is 16.9 Å². The van der Waals surface area contributed by atoms with Gasteiger partial charge < -0.3 is 0 Å². The van der Waals surface area contributed by atoms with Crippen LogP contribution in [0.2, 0.25) is 0 Å². The Morgan fingerprint density at radius 1 is 0.800 bits per heavy atom. The van der Waals surface area contributed by atoms with Crippen LogP contribution in [0.1, 0.15) is 27.9 Å². The van der Waals surface area contributed by atoms with Crippen LogP contribution in [0.4, 0.5) is 0 Å². The highest BCUT2D eigenvalue weighted by Crippen LogP contribution is 2.30. The van der Waals surface area contributed by atoms with Crippen LogP contribution < -0.4 is 0 Å². The summed E-state index contributed by atoms with van der Waals surface area (Å²) in [5.41, 5.74) is 9.93. The summed E-state index contributed by atoms with van der Waals surface area (Å²) in [7, 11) is 0. The van der Waals surface area contributed by atoms with E-state index in [9.17, 15) is 0 Å². The number of benzene rings is 1. The second kappa shape index (κ2) is 4.48. The summed E-state index contributed by atoms with van der Waals surface area (Å²) in [6, 6.07) is 8.82. The van der Waals surface area contributed by atoms with Gasteiger partial charge in [0.1, 0.15) is 5.65 Å². The summed E-state index contributed by atoms with van der Waals surface area (Å²) >= 11 is 0. The Morgan fingerprint density at radius 2 is 1.40 bits per heavy atom. The first kappa shape index (κ1) is 12.9. The lowest BCUT2D eigenvalue weighted by Crippen LogP contribution is -1.98. The first-order valence-corrected chi connectivity index (χ1v) is 7.00. The third-order valence-electron chi connectivity index (χ3n) is 3.87. The van der Waals surface area contributed by atoms with Crippen LogP contribution in [-0.2, 0) is 0 Å². The Balaban J connectivity index is 2.37. The van der Waals surface area contributed by atoms with Gasteiger partial charge in [0.25, 0.3) is 0 Å². The largest absolute Gasteiger partial charge is 0.297 e. The van der Waals surface area contributed by atoms with Gasteiger partial charge in [-0.2, -0.15) is 0 Å². The maximum Gasteiger partial charge on any atom is 0.137 e. The Bertz CT molecular complexity index is 787. The van der Waals surface area contributed by atoms with Crippen molar-refractivity contribution < 1.29 is 0 Å². The molecule has 0 N–H and O–H groups in total. The van der Waals surface area contributed by atoms with Crippen molar-refractivity contribution >= 4 is 5.65 Å². The number of pyridine rings is 1. The predicted octanol–water partition coefficient (Wildman–Crippen LogP) is 4.54. The molecule has 0 radical (unpaired) electrons. The van der Waals surface area contributed by atoms with E-state index in [0.29, 0.717) is 0 Å². The number of hydrogen-bond donors (Lipinski definition) is 0. The van der Waals surface area contributed by atoms with Gasteiger partial charge in [0.2, 0.25) is 0 Å². The summed E-state index contributed by atoms with van der Waals surface area (Å²) in [6.07, 6.45) is 1.99. The van der Waals surface area contributed by atoms with Gasteiger partial charge in [0.05, 0.1) is 11.9 Å². The third kappa shape index (κ3) is 1.92. The van der Waals surface area contributed by atoms with E-state index >= 15 is 0 Å². The topological polar surface area (TPSA) is 17.3 Å². The molecule has 0 aliphatic heterocycles. The molecule has 2 nitrogen and oxygen atoms in total. The molecule has 2 heterocycles. The van der Waals surface area contributed by atoms with Gasteiger partial charge >= 0.3 is 0 Å². The molecular formula is C18H20N2. The van der Waals surface area contributed by atoms with Crippen molar-refractivity contribution in [2.75, 3.05) is 0 Å². The average Bonchev–Trinajstić information content (AvgIpc) is 2.71. The highest BCUT2D eigenvalue weighted by atomic mass is 15.0. The second-order valence-corrected chi connectivity index (χ2v) is 5.78.